The molecule has 0 aliphatic carbocycles. The molecule has 1 amide bonds. The normalized spacial score (nSPS) is 21.3. The third-order valence-electron chi connectivity index (χ3n) is 8.41. The van der Waals surface area contributed by atoms with Gasteiger partial charge in [-0.3, -0.25) is 4.79 Å². The van der Waals surface area contributed by atoms with Crippen molar-refractivity contribution in [3.63, 3.8) is 0 Å². The van der Waals surface area contributed by atoms with Crippen molar-refractivity contribution in [1.82, 2.24) is 9.80 Å². The molecule has 1 N–H and O–H groups in total. The number of piperidine rings is 1. The van der Waals surface area contributed by atoms with Crippen molar-refractivity contribution in [2.45, 2.75) is 43.6 Å². The maximum absolute atomic E-state index is 13.4. The Hall–Kier alpha value is -2.09. The van der Waals surface area contributed by atoms with Crippen molar-refractivity contribution < 1.29 is 14.6 Å². The highest BCUT2D eigenvalue weighted by Crippen LogP contribution is 2.37. The molecule has 1 aromatic heterocycles. The standard InChI is InChI=1S/C31H36Cl2N2O3S/c1-38-26-7-4-22(5-8-26)3-2-11-31(37)12-14-34(15-13-31)18-25-19-35(20-27(25)24-10-16-39-21-24)30(36)23-6-9-28(32)29(33)17-23/h4-10,16-17,21,25,27,37H,2-3,11-15,18-20H2,1H3. The van der Waals surface area contributed by atoms with E-state index in [0.29, 0.717) is 40.5 Å². The second kappa shape index (κ2) is 12.6. The lowest BCUT2D eigenvalue weighted by molar-refractivity contribution is -0.0315. The van der Waals surface area contributed by atoms with E-state index in [4.69, 9.17) is 27.9 Å². The molecule has 0 saturated carbocycles. The highest BCUT2D eigenvalue weighted by molar-refractivity contribution is 7.08. The predicted octanol–water partition coefficient (Wildman–Crippen LogP) is 6.77. The molecule has 2 aromatic carbocycles. The zero-order valence-corrected chi connectivity index (χ0v) is 24.6. The first-order valence-corrected chi connectivity index (χ1v) is 15.4. The summed E-state index contributed by atoms with van der Waals surface area (Å²) in [6, 6.07) is 15.5. The Labute approximate surface area is 245 Å². The number of benzene rings is 2. The lowest BCUT2D eigenvalue weighted by Crippen LogP contribution is -2.46. The molecule has 3 aromatic rings. The van der Waals surface area contributed by atoms with Gasteiger partial charge in [0.2, 0.25) is 0 Å². The molecule has 0 spiro atoms. The number of methoxy groups -OCH3 is 1. The zero-order valence-electron chi connectivity index (χ0n) is 22.3. The molecule has 5 nitrogen and oxygen atoms in total. The van der Waals surface area contributed by atoms with E-state index in [1.807, 2.05) is 17.0 Å². The van der Waals surface area contributed by atoms with Gasteiger partial charge in [-0.05, 0) is 96.3 Å². The van der Waals surface area contributed by atoms with Crippen molar-refractivity contribution in [2.24, 2.45) is 5.92 Å². The SMILES string of the molecule is COc1ccc(CCCC2(O)CCN(CC3CN(C(=O)c4ccc(Cl)c(Cl)c4)CC3c3ccsc3)CC2)cc1. The number of amides is 1. The van der Waals surface area contributed by atoms with Gasteiger partial charge in [-0.2, -0.15) is 11.3 Å². The summed E-state index contributed by atoms with van der Waals surface area (Å²) < 4.78 is 5.24. The third-order valence-corrected chi connectivity index (χ3v) is 9.85. The molecule has 2 fully saturated rings. The largest absolute Gasteiger partial charge is 0.497 e. The number of rotatable bonds is 9. The number of carbonyl (C=O) groups excluding carboxylic acids is 1. The zero-order chi connectivity index (χ0) is 27.4. The van der Waals surface area contributed by atoms with Crippen LogP contribution in [0.2, 0.25) is 10.0 Å². The topological polar surface area (TPSA) is 53.0 Å². The van der Waals surface area contributed by atoms with Crippen LogP contribution >= 0.6 is 34.5 Å². The lowest BCUT2D eigenvalue weighted by Gasteiger charge is -2.39. The van der Waals surface area contributed by atoms with E-state index < -0.39 is 5.60 Å². The number of nitrogens with zero attached hydrogens (tertiary/aromatic N) is 2. The van der Waals surface area contributed by atoms with Gasteiger partial charge in [-0.15, -0.1) is 0 Å². The van der Waals surface area contributed by atoms with E-state index in [9.17, 15) is 9.90 Å². The summed E-state index contributed by atoms with van der Waals surface area (Å²) in [6.45, 7) is 4.10. The van der Waals surface area contributed by atoms with E-state index >= 15 is 0 Å². The Kier molecular flexibility index (Phi) is 9.20. The van der Waals surface area contributed by atoms with Gasteiger partial charge in [-0.25, -0.2) is 0 Å². The summed E-state index contributed by atoms with van der Waals surface area (Å²) in [6.07, 6.45) is 4.33. The molecular formula is C31H36Cl2N2O3S. The second-order valence-corrected chi connectivity index (χ2v) is 12.6. The summed E-state index contributed by atoms with van der Waals surface area (Å²) in [4.78, 5) is 17.8. The number of hydrogen-bond acceptors (Lipinski definition) is 5. The van der Waals surface area contributed by atoms with E-state index in [-0.39, 0.29) is 5.91 Å². The smallest absolute Gasteiger partial charge is 0.253 e. The Bertz CT molecular complexity index is 1240. The van der Waals surface area contributed by atoms with Crippen LogP contribution in [0.1, 0.15) is 53.1 Å². The van der Waals surface area contributed by atoms with Gasteiger partial charge in [0.05, 0.1) is 22.8 Å². The van der Waals surface area contributed by atoms with Crippen LogP contribution in [-0.2, 0) is 6.42 Å². The predicted molar refractivity (Wildman–Crippen MR) is 159 cm³/mol. The molecule has 39 heavy (non-hydrogen) atoms. The van der Waals surface area contributed by atoms with Gasteiger partial charge in [0.1, 0.15) is 5.75 Å². The van der Waals surface area contributed by atoms with Crippen LogP contribution in [0, 0.1) is 5.92 Å². The van der Waals surface area contributed by atoms with Crippen LogP contribution in [0.5, 0.6) is 5.75 Å². The van der Waals surface area contributed by atoms with Crippen molar-refractivity contribution >= 4 is 40.4 Å². The first kappa shape index (κ1) is 28.4. The Morgan fingerprint density at radius 2 is 1.85 bits per heavy atom. The van der Waals surface area contributed by atoms with E-state index in [1.54, 1.807) is 36.6 Å². The molecule has 0 bridgehead atoms. The van der Waals surface area contributed by atoms with Crippen LogP contribution in [0.15, 0.2) is 59.3 Å². The minimum Gasteiger partial charge on any atom is -0.497 e. The van der Waals surface area contributed by atoms with Crippen LogP contribution in [0.4, 0.5) is 0 Å². The Morgan fingerprint density at radius 3 is 2.51 bits per heavy atom. The molecule has 208 valence electrons. The molecule has 2 aliphatic heterocycles. The molecule has 8 heteroatoms. The second-order valence-electron chi connectivity index (χ2n) is 11.0. The molecular weight excluding hydrogens is 551 g/mol. The number of halogens is 2. The average Bonchev–Trinajstić information content (AvgIpc) is 3.62. The summed E-state index contributed by atoms with van der Waals surface area (Å²) in [5, 5.41) is 16.5. The van der Waals surface area contributed by atoms with Crippen LogP contribution in [0.3, 0.4) is 0 Å². The van der Waals surface area contributed by atoms with Gasteiger partial charge in [0.25, 0.3) is 5.91 Å². The van der Waals surface area contributed by atoms with E-state index in [2.05, 4.69) is 33.9 Å². The highest BCUT2D eigenvalue weighted by atomic mass is 35.5. The first-order valence-electron chi connectivity index (χ1n) is 13.7. The number of ether oxygens (including phenoxy) is 1. The van der Waals surface area contributed by atoms with Crippen molar-refractivity contribution in [2.75, 3.05) is 39.8 Å². The van der Waals surface area contributed by atoms with Gasteiger partial charge in [-0.1, -0.05) is 35.3 Å². The van der Waals surface area contributed by atoms with Crippen LogP contribution in [0.25, 0.3) is 0 Å². The molecule has 0 radical (unpaired) electrons. The summed E-state index contributed by atoms with van der Waals surface area (Å²) in [5.41, 5.74) is 2.56. The summed E-state index contributed by atoms with van der Waals surface area (Å²) in [5.74, 6) is 1.51. The van der Waals surface area contributed by atoms with E-state index in [0.717, 1.165) is 57.5 Å². The van der Waals surface area contributed by atoms with Gasteiger partial charge in [0, 0.05) is 44.2 Å². The molecule has 2 aliphatic rings. The van der Waals surface area contributed by atoms with Crippen molar-refractivity contribution in [1.29, 1.82) is 0 Å². The first-order chi connectivity index (χ1) is 18.8. The van der Waals surface area contributed by atoms with E-state index in [1.165, 1.54) is 11.1 Å². The van der Waals surface area contributed by atoms with Gasteiger partial charge < -0.3 is 19.6 Å². The fraction of sp³-hybridized carbons (Fsp3) is 0.452. The monoisotopic (exact) mass is 586 g/mol. The maximum atomic E-state index is 13.4. The minimum atomic E-state index is -0.596. The molecule has 2 saturated heterocycles. The molecule has 3 heterocycles. The quantitative estimate of drug-likeness (QED) is 0.300. The molecule has 2 unspecified atom stereocenters. The number of hydrogen-bond donors (Lipinski definition) is 1. The third kappa shape index (κ3) is 6.98. The van der Waals surface area contributed by atoms with Crippen LogP contribution in [-0.4, -0.2) is 66.2 Å². The van der Waals surface area contributed by atoms with Crippen molar-refractivity contribution in [3.05, 3.63) is 86.0 Å². The fourth-order valence-electron chi connectivity index (χ4n) is 6.04. The highest BCUT2D eigenvalue weighted by Gasteiger charge is 2.39. The number of thiophene rings is 1. The summed E-state index contributed by atoms with van der Waals surface area (Å²) in [7, 11) is 1.68. The minimum absolute atomic E-state index is 0.00109. The average molecular weight is 588 g/mol. The molecule has 2 atom stereocenters. The van der Waals surface area contributed by atoms with Crippen LogP contribution < -0.4 is 4.74 Å². The number of aryl methyl sites for hydroxylation is 1. The van der Waals surface area contributed by atoms with Gasteiger partial charge >= 0.3 is 0 Å². The number of aliphatic hydroxyl groups is 1. The number of likely N-dealkylation sites (tertiary alicyclic amines) is 2. The maximum Gasteiger partial charge on any atom is 0.253 e. The lowest BCUT2D eigenvalue weighted by atomic mass is 9.84. The Balaban J connectivity index is 1.16. The van der Waals surface area contributed by atoms with Gasteiger partial charge in [0.15, 0.2) is 0 Å². The fourth-order valence-corrected chi connectivity index (χ4v) is 7.07. The van der Waals surface area contributed by atoms with Crippen molar-refractivity contribution in [3.8, 4) is 5.75 Å². The molecule has 5 rings (SSSR count). The number of carbonyl (C=O) groups is 1. The Morgan fingerprint density at radius 1 is 1.08 bits per heavy atom. The summed E-state index contributed by atoms with van der Waals surface area (Å²) >= 11 is 14.0.